The van der Waals surface area contributed by atoms with Gasteiger partial charge in [-0.15, -0.1) is 0 Å². The van der Waals surface area contributed by atoms with E-state index in [1.807, 2.05) is 18.2 Å². The van der Waals surface area contributed by atoms with Crippen molar-refractivity contribution in [1.29, 1.82) is 0 Å². The van der Waals surface area contributed by atoms with Gasteiger partial charge in [0.05, 0.1) is 4.91 Å². The van der Waals surface area contributed by atoms with Crippen LogP contribution >= 0.6 is 24.0 Å². The fourth-order valence-corrected chi connectivity index (χ4v) is 2.98. The van der Waals surface area contributed by atoms with E-state index < -0.39 is 0 Å². The molecule has 0 saturated carbocycles. The number of nitrogens with zero attached hydrogens (tertiary/aromatic N) is 2. The van der Waals surface area contributed by atoms with Gasteiger partial charge in [0.2, 0.25) is 0 Å². The molecule has 19 heavy (non-hydrogen) atoms. The monoisotopic (exact) mass is 294 g/mol. The van der Waals surface area contributed by atoms with Crippen molar-refractivity contribution < 1.29 is 9.53 Å². The van der Waals surface area contributed by atoms with Crippen LogP contribution in [0.4, 0.5) is 0 Å². The first-order valence-electron chi connectivity index (χ1n) is 5.86. The van der Waals surface area contributed by atoms with Crippen molar-refractivity contribution in [1.82, 2.24) is 9.88 Å². The molecule has 1 fully saturated rings. The molecule has 4 nitrogen and oxygen atoms in total. The maximum atomic E-state index is 12.2. The lowest BCUT2D eigenvalue weighted by Gasteiger charge is -2.13. The van der Waals surface area contributed by atoms with Crippen LogP contribution in [0.2, 0.25) is 0 Å². The second kappa shape index (κ2) is 6.79. The van der Waals surface area contributed by atoms with Crippen LogP contribution < -0.4 is 0 Å². The first-order chi connectivity index (χ1) is 9.22. The van der Waals surface area contributed by atoms with Gasteiger partial charge >= 0.3 is 0 Å². The molecule has 1 aromatic heterocycles. The lowest BCUT2D eigenvalue weighted by atomic mass is 10.2. The van der Waals surface area contributed by atoms with Crippen LogP contribution in [-0.2, 0) is 9.53 Å². The number of pyridine rings is 1. The van der Waals surface area contributed by atoms with E-state index in [-0.39, 0.29) is 5.91 Å². The highest BCUT2D eigenvalue weighted by atomic mass is 32.2. The van der Waals surface area contributed by atoms with Crippen LogP contribution in [0.5, 0.6) is 0 Å². The summed E-state index contributed by atoms with van der Waals surface area (Å²) in [7, 11) is 1.65. The average molecular weight is 294 g/mol. The Kier molecular flexibility index (Phi) is 5.07. The van der Waals surface area contributed by atoms with E-state index in [4.69, 9.17) is 17.0 Å². The van der Waals surface area contributed by atoms with Gasteiger partial charge in [-0.25, -0.2) is 0 Å². The van der Waals surface area contributed by atoms with Crippen LogP contribution in [0.25, 0.3) is 6.08 Å². The number of carbonyl (C=O) groups is 1. The number of hydrogen-bond acceptors (Lipinski definition) is 5. The molecule has 0 bridgehead atoms. The standard InChI is InChI=1S/C13H14N2O2S2/c1-17-7-3-6-15-12(16)11(19-13(15)18)8-10-4-2-5-14-9-10/h2,4-5,8-9H,3,6-7H2,1H3/b11-8+. The van der Waals surface area contributed by atoms with E-state index in [9.17, 15) is 4.79 Å². The molecule has 1 amide bonds. The summed E-state index contributed by atoms with van der Waals surface area (Å²) in [5.74, 6) is -0.0324. The minimum Gasteiger partial charge on any atom is -0.385 e. The molecule has 0 aliphatic carbocycles. The summed E-state index contributed by atoms with van der Waals surface area (Å²) in [5, 5.41) is 0. The number of aromatic nitrogens is 1. The van der Waals surface area contributed by atoms with Gasteiger partial charge in [0.15, 0.2) is 0 Å². The lowest BCUT2D eigenvalue weighted by Crippen LogP contribution is -2.29. The van der Waals surface area contributed by atoms with E-state index >= 15 is 0 Å². The zero-order valence-corrected chi connectivity index (χ0v) is 12.2. The van der Waals surface area contributed by atoms with Gasteiger partial charge in [-0.2, -0.15) is 0 Å². The normalized spacial score (nSPS) is 17.5. The highest BCUT2D eigenvalue weighted by molar-refractivity contribution is 8.26. The predicted molar refractivity (Wildman–Crippen MR) is 80.6 cm³/mol. The third-order valence-corrected chi connectivity index (χ3v) is 3.96. The molecular formula is C13H14N2O2S2. The summed E-state index contributed by atoms with van der Waals surface area (Å²) in [4.78, 5) is 18.5. The summed E-state index contributed by atoms with van der Waals surface area (Å²) in [6.07, 6.45) is 6.02. The van der Waals surface area contributed by atoms with Crippen molar-refractivity contribution >= 4 is 40.3 Å². The number of thiocarbonyl (C=S) groups is 1. The van der Waals surface area contributed by atoms with Crippen molar-refractivity contribution in [3.05, 3.63) is 35.0 Å². The van der Waals surface area contributed by atoms with E-state index in [0.29, 0.717) is 22.4 Å². The van der Waals surface area contributed by atoms with Crippen LogP contribution in [0.15, 0.2) is 29.4 Å². The zero-order valence-electron chi connectivity index (χ0n) is 10.5. The summed E-state index contributed by atoms with van der Waals surface area (Å²) < 4.78 is 5.59. The lowest BCUT2D eigenvalue weighted by molar-refractivity contribution is -0.122. The Morgan fingerprint density at radius 2 is 2.42 bits per heavy atom. The molecule has 0 N–H and O–H groups in total. The Morgan fingerprint density at radius 3 is 3.11 bits per heavy atom. The number of carbonyl (C=O) groups excluding carboxylic acids is 1. The van der Waals surface area contributed by atoms with E-state index in [1.54, 1.807) is 24.4 Å². The Morgan fingerprint density at radius 1 is 1.58 bits per heavy atom. The molecule has 2 rings (SSSR count). The first kappa shape index (κ1) is 14.2. The van der Waals surface area contributed by atoms with Crippen LogP contribution in [0, 0.1) is 0 Å². The van der Waals surface area contributed by atoms with Crippen molar-refractivity contribution in [2.24, 2.45) is 0 Å². The second-order valence-electron chi connectivity index (χ2n) is 3.97. The van der Waals surface area contributed by atoms with Crippen molar-refractivity contribution in [3.8, 4) is 0 Å². The van der Waals surface area contributed by atoms with Gasteiger partial charge < -0.3 is 4.74 Å². The Balaban J connectivity index is 2.07. The maximum absolute atomic E-state index is 12.2. The number of rotatable bonds is 5. The molecule has 1 aliphatic heterocycles. The predicted octanol–water partition coefficient (Wildman–Crippen LogP) is 2.32. The highest BCUT2D eigenvalue weighted by Crippen LogP contribution is 2.32. The Labute approximate surface area is 121 Å². The number of thioether (sulfide) groups is 1. The van der Waals surface area contributed by atoms with Crippen LogP contribution in [0.1, 0.15) is 12.0 Å². The summed E-state index contributed by atoms with van der Waals surface area (Å²) >= 11 is 6.57. The molecular weight excluding hydrogens is 280 g/mol. The SMILES string of the molecule is COCCCN1C(=O)/C(=C\c2cccnc2)SC1=S. The molecule has 0 unspecified atom stereocenters. The van der Waals surface area contributed by atoms with Gasteiger partial charge in [0, 0.05) is 32.7 Å². The average Bonchev–Trinajstić information content (AvgIpc) is 2.68. The molecule has 2 heterocycles. The van der Waals surface area contributed by atoms with Crippen LogP contribution in [-0.4, -0.2) is 40.4 Å². The van der Waals surface area contributed by atoms with Gasteiger partial charge in [0.1, 0.15) is 4.32 Å². The molecule has 6 heteroatoms. The minimum absolute atomic E-state index is 0.0324. The van der Waals surface area contributed by atoms with Crippen LogP contribution in [0.3, 0.4) is 0 Å². The quantitative estimate of drug-likeness (QED) is 0.474. The summed E-state index contributed by atoms with van der Waals surface area (Å²) in [5.41, 5.74) is 0.903. The van der Waals surface area contributed by atoms with E-state index in [2.05, 4.69) is 4.98 Å². The van der Waals surface area contributed by atoms with Crippen molar-refractivity contribution in [3.63, 3.8) is 0 Å². The first-order valence-corrected chi connectivity index (χ1v) is 7.09. The molecule has 1 aliphatic rings. The number of amides is 1. The highest BCUT2D eigenvalue weighted by Gasteiger charge is 2.31. The second-order valence-corrected chi connectivity index (χ2v) is 5.64. The van der Waals surface area contributed by atoms with Crippen molar-refractivity contribution in [2.75, 3.05) is 20.3 Å². The molecule has 0 spiro atoms. The number of hydrogen-bond donors (Lipinski definition) is 0. The fourth-order valence-electron chi connectivity index (χ4n) is 1.67. The third kappa shape index (κ3) is 3.62. The molecule has 1 saturated heterocycles. The minimum atomic E-state index is -0.0324. The molecule has 1 aromatic rings. The Hall–Kier alpha value is -1.24. The Bertz CT molecular complexity index is 503. The van der Waals surface area contributed by atoms with Gasteiger partial charge in [-0.3, -0.25) is 14.7 Å². The zero-order chi connectivity index (χ0) is 13.7. The fraction of sp³-hybridized carbons (Fsp3) is 0.308. The van der Waals surface area contributed by atoms with E-state index in [0.717, 1.165) is 12.0 Å². The molecule has 0 radical (unpaired) electrons. The smallest absolute Gasteiger partial charge is 0.266 e. The molecule has 0 atom stereocenters. The van der Waals surface area contributed by atoms with Gasteiger partial charge in [-0.1, -0.05) is 30.0 Å². The molecule has 100 valence electrons. The number of methoxy groups -OCH3 is 1. The van der Waals surface area contributed by atoms with Gasteiger partial charge in [-0.05, 0) is 24.1 Å². The van der Waals surface area contributed by atoms with Gasteiger partial charge in [0.25, 0.3) is 5.91 Å². The van der Waals surface area contributed by atoms with Crippen molar-refractivity contribution in [2.45, 2.75) is 6.42 Å². The topological polar surface area (TPSA) is 42.4 Å². The number of ether oxygens (including phenoxy) is 1. The van der Waals surface area contributed by atoms with E-state index in [1.165, 1.54) is 11.8 Å². The summed E-state index contributed by atoms with van der Waals surface area (Å²) in [6.45, 7) is 1.22. The summed E-state index contributed by atoms with van der Waals surface area (Å²) in [6, 6.07) is 3.75. The third-order valence-electron chi connectivity index (χ3n) is 2.59. The largest absolute Gasteiger partial charge is 0.385 e. The molecule has 0 aromatic carbocycles. The maximum Gasteiger partial charge on any atom is 0.266 e.